The Morgan fingerprint density at radius 3 is 1.48 bits per heavy atom. The van der Waals surface area contributed by atoms with Crippen molar-refractivity contribution >= 4 is 5.97 Å². The summed E-state index contributed by atoms with van der Waals surface area (Å²) in [5.74, 6) is -0.521. The largest absolute Gasteiger partial charge is 0.481 e. The van der Waals surface area contributed by atoms with Crippen molar-refractivity contribution in [3.05, 3.63) is 142 Å². The Labute approximate surface area is 316 Å². The van der Waals surface area contributed by atoms with Crippen LogP contribution in [0.2, 0.25) is 0 Å². The van der Waals surface area contributed by atoms with Gasteiger partial charge in [0.05, 0.1) is 38.1 Å². The zero-order valence-electron chi connectivity index (χ0n) is 31.5. The normalized spacial score (nSPS) is 11.6. The Morgan fingerprint density at radius 2 is 1.04 bits per heavy atom. The van der Waals surface area contributed by atoms with Gasteiger partial charge in [-0.3, -0.25) is 10.1 Å². The number of hydrogen-bond donors (Lipinski definition) is 4. The van der Waals surface area contributed by atoms with Gasteiger partial charge in [-0.15, -0.1) is 0 Å². The van der Waals surface area contributed by atoms with Gasteiger partial charge in [0.15, 0.2) is 24.7 Å². The minimum Gasteiger partial charge on any atom is -0.481 e. The molecule has 0 aromatic heterocycles. The smallest absolute Gasteiger partial charge is 0.303 e. The molecule has 0 saturated heterocycles. The molecule has 0 amide bonds. The highest BCUT2D eigenvalue weighted by Gasteiger charge is 2.16. The number of carbonyl (C=O) groups is 1. The van der Waals surface area contributed by atoms with Gasteiger partial charge in [-0.05, 0) is 54.8 Å². The van der Waals surface area contributed by atoms with Gasteiger partial charge in [0, 0.05) is 0 Å². The zero-order valence-corrected chi connectivity index (χ0v) is 31.5. The average molecular weight is 757 g/mol. The van der Waals surface area contributed by atoms with E-state index in [1.165, 1.54) is 0 Å². The van der Waals surface area contributed by atoms with E-state index in [-0.39, 0.29) is 42.3 Å². The van der Waals surface area contributed by atoms with E-state index in [9.17, 15) is 4.79 Å². The molecule has 14 nitrogen and oxygen atoms in total. The first-order chi connectivity index (χ1) is 26.1. The van der Waals surface area contributed by atoms with Crippen molar-refractivity contribution in [3.8, 4) is 0 Å². The maximum Gasteiger partial charge on any atom is 0.303 e. The van der Waals surface area contributed by atoms with Crippen molar-refractivity contribution in [1.82, 2.24) is 0 Å². The minimum atomic E-state index is -0.744. The molecule has 0 radical (unpaired) electrons. The highest BCUT2D eigenvalue weighted by atomic mass is 17.2. The van der Waals surface area contributed by atoms with Crippen LogP contribution < -0.4 is 0 Å². The first-order valence-electron chi connectivity index (χ1n) is 17.2. The molecule has 0 aliphatic heterocycles. The number of carboxylic acid groups (broad SMARTS) is 1. The molecule has 0 fully saturated rings. The van der Waals surface area contributed by atoms with Crippen molar-refractivity contribution in [3.63, 3.8) is 0 Å². The van der Waals surface area contributed by atoms with Crippen LogP contribution in [-0.4, -0.2) is 59.9 Å². The molecule has 0 aliphatic carbocycles. The molecule has 0 saturated carbocycles. The van der Waals surface area contributed by atoms with E-state index < -0.39 is 12.6 Å². The van der Waals surface area contributed by atoms with Crippen LogP contribution in [0.5, 0.6) is 0 Å². The van der Waals surface area contributed by atoms with Gasteiger partial charge in [0.1, 0.15) is 0 Å². The van der Waals surface area contributed by atoms with Gasteiger partial charge in [-0.1, -0.05) is 112 Å². The maximum atomic E-state index is 10.4. The summed E-state index contributed by atoms with van der Waals surface area (Å²) < 4.78 is 0. The second-order valence-corrected chi connectivity index (χ2v) is 11.1. The van der Waals surface area contributed by atoms with E-state index >= 15 is 0 Å². The lowest BCUT2D eigenvalue weighted by molar-refractivity contribution is -0.314. The van der Waals surface area contributed by atoms with Crippen LogP contribution in [0.3, 0.4) is 0 Å². The van der Waals surface area contributed by atoms with Crippen LogP contribution in [0.25, 0.3) is 0 Å². The van der Waals surface area contributed by atoms with Gasteiger partial charge < -0.3 is 24.7 Å². The molecule has 4 N–H and O–H groups in total. The molecule has 3 aromatic rings. The van der Waals surface area contributed by atoms with Crippen molar-refractivity contribution in [2.24, 2.45) is 0 Å². The van der Waals surface area contributed by atoms with E-state index in [1.807, 2.05) is 126 Å². The summed E-state index contributed by atoms with van der Waals surface area (Å²) in [6.07, 6.45) is 0.198. The molecular weight excluding hydrogens is 704 g/mol. The first kappa shape index (κ1) is 47.1. The lowest BCUT2D eigenvalue weighted by Gasteiger charge is -2.14. The quantitative estimate of drug-likeness (QED) is 0.0266. The molecule has 0 aliphatic rings. The van der Waals surface area contributed by atoms with E-state index in [2.05, 4.69) is 26.1 Å². The molecule has 0 heterocycles. The summed E-state index contributed by atoms with van der Waals surface area (Å²) in [7, 11) is 0. The van der Waals surface area contributed by atoms with Crippen LogP contribution in [0.15, 0.2) is 125 Å². The summed E-state index contributed by atoms with van der Waals surface area (Å²) in [6.45, 7) is 12.0. The van der Waals surface area contributed by atoms with Crippen LogP contribution in [-0.2, 0) is 48.8 Å². The van der Waals surface area contributed by atoms with E-state index in [0.29, 0.717) is 31.3 Å². The van der Waals surface area contributed by atoms with Crippen molar-refractivity contribution in [1.29, 1.82) is 0 Å². The maximum absolute atomic E-state index is 10.4. The van der Waals surface area contributed by atoms with Crippen LogP contribution in [0, 0.1) is 0 Å². The third-order valence-electron chi connectivity index (χ3n) is 7.10. The second-order valence-electron chi connectivity index (χ2n) is 11.1. The Kier molecular flexibility index (Phi) is 25.7. The molecule has 0 spiro atoms. The Balaban J connectivity index is 0.000000428. The van der Waals surface area contributed by atoms with E-state index in [0.717, 1.165) is 16.7 Å². The molecule has 3 atom stereocenters. The minimum absolute atomic E-state index is 0.0160. The Hall–Kier alpha value is -4.95. The van der Waals surface area contributed by atoms with E-state index in [4.69, 9.17) is 50.2 Å². The standard InChI is InChI=1S/C18H26O6.C12H14O6.C10H12O2/c1-5-19-22-14-17(23-20-6-2)13-18(24-21-7-3)15(4)16-11-9-8-10-12-16;1-9(10-5-3-2-4-6-10)12(18-15)7-11(17-14)8-16-13;1-8(7-10(11)12)9-5-3-2-4-6-9/h8-12,15H,5-7,14H2,1-4H3;2-6,9,13-15H,8H2,1H3;2-6,8H,7H2,1H3,(H,11,12)/t13?,15-;7?,9-;8-/m001/s1. The molecule has 296 valence electrons. The lowest BCUT2D eigenvalue weighted by Crippen LogP contribution is -2.07. The number of benzene rings is 3. The molecular formula is C40H52O14. The molecule has 3 rings (SSSR count). The van der Waals surface area contributed by atoms with Gasteiger partial charge in [0.2, 0.25) is 11.5 Å². The summed E-state index contributed by atoms with van der Waals surface area (Å²) in [5.41, 5.74) is 8.48. The molecule has 54 heavy (non-hydrogen) atoms. The number of aliphatic carboxylic acids is 1. The lowest BCUT2D eigenvalue weighted by atomic mass is 9.98. The highest BCUT2D eigenvalue weighted by molar-refractivity contribution is 5.67. The Bertz CT molecular complexity index is 1550. The summed E-state index contributed by atoms with van der Waals surface area (Å²) in [5, 5.41) is 34.1. The van der Waals surface area contributed by atoms with Gasteiger partial charge >= 0.3 is 5.97 Å². The summed E-state index contributed by atoms with van der Waals surface area (Å²) in [4.78, 5) is 52.8. The molecule has 3 aromatic carbocycles. The third-order valence-corrected chi connectivity index (χ3v) is 7.10. The molecule has 0 bridgehead atoms. The number of rotatable bonds is 21. The fraction of sp³-hybridized carbons (Fsp3) is 0.375. The summed E-state index contributed by atoms with van der Waals surface area (Å²) in [6, 6.07) is 28.8. The van der Waals surface area contributed by atoms with E-state index in [1.54, 1.807) is 6.92 Å². The molecule has 14 heteroatoms. The molecule has 0 unspecified atom stereocenters. The highest BCUT2D eigenvalue weighted by Crippen LogP contribution is 2.25. The second kappa shape index (κ2) is 29.5. The fourth-order valence-electron chi connectivity index (χ4n) is 4.29. The van der Waals surface area contributed by atoms with Crippen molar-refractivity contribution in [2.75, 3.05) is 33.0 Å². The van der Waals surface area contributed by atoms with Crippen LogP contribution in [0.1, 0.15) is 82.4 Å². The van der Waals surface area contributed by atoms with Gasteiger partial charge in [-0.25, -0.2) is 25.2 Å². The average Bonchev–Trinajstić information content (AvgIpc) is 3.20. The van der Waals surface area contributed by atoms with Crippen molar-refractivity contribution in [2.45, 2.75) is 65.7 Å². The monoisotopic (exact) mass is 756 g/mol. The Morgan fingerprint density at radius 1 is 0.574 bits per heavy atom. The fourth-order valence-corrected chi connectivity index (χ4v) is 4.29. The first-order valence-corrected chi connectivity index (χ1v) is 17.2. The van der Waals surface area contributed by atoms with Gasteiger partial charge in [-0.2, -0.15) is 9.78 Å². The van der Waals surface area contributed by atoms with Crippen LogP contribution in [0.4, 0.5) is 0 Å². The zero-order chi connectivity index (χ0) is 40.0. The van der Waals surface area contributed by atoms with Crippen molar-refractivity contribution < 1.29 is 69.7 Å². The predicted molar refractivity (Wildman–Crippen MR) is 197 cm³/mol. The van der Waals surface area contributed by atoms with Gasteiger partial charge in [0.25, 0.3) is 0 Å². The SMILES string of the molecule is CCOOCC(=C=C(OOCC)[C@@H](C)c1ccccc1)OOCC.C[C@H](C(=C=C(COO)OO)OO)c1ccccc1.C[C@H](CC(=O)O)c1ccccc1. The third kappa shape index (κ3) is 19.8. The number of hydrogen-bond acceptors (Lipinski definition) is 13. The number of carboxylic acids is 1. The topological polar surface area (TPSA) is 181 Å². The summed E-state index contributed by atoms with van der Waals surface area (Å²) >= 11 is 0. The van der Waals surface area contributed by atoms with Crippen LogP contribution >= 0.6 is 0 Å². The predicted octanol–water partition coefficient (Wildman–Crippen LogP) is 8.95.